The van der Waals surface area contributed by atoms with Gasteiger partial charge in [-0.3, -0.25) is 4.79 Å². The Hall–Kier alpha value is -2.99. The fraction of sp³-hybridized carbons (Fsp3) is 0.200. The fourth-order valence-electron chi connectivity index (χ4n) is 2.61. The fourth-order valence-corrected chi connectivity index (χ4v) is 2.74. The van der Waals surface area contributed by atoms with Crippen molar-refractivity contribution in [3.63, 3.8) is 0 Å². The molecule has 1 atom stereocenters. The Kier molecular flexibility index (Phi) is 5.37. The van der Waals surface area contributed by atoms with Gasteiger partial charge >= 0.3 is 5.69 Å². The van der Waals surface area contributed by atoms with Crippen LogP contribution in [0.4, 0.5) is 5.69 Å². The number of carbonyl (C=O) groups excluding carboxylic acids is 1. The highest BCUT2D eigenvalue weighted by Gasteiger charge is 2.19. The summed E-state index contributed by atoms with van der Waals surface area (Å²) < 4.78 is 1.07. The number of benzene rings is 2. The molecule has 1 N–H and O–H groups in total. The zero-order valence-corrected chi connectivity index (χ0v) is 16.0. The van der Waals surface area contributed by atoms with Gasteiger partial charge in [0, 0.05) is 16.3 Å². The summed E-state index contributed by atoms with van der Waals surface area (Å²) in [5, 5.41) is 7.57. The van der Waals surface area contributed by atoms with Gasteiger partial charge in [0.15, 0.2) is 0 Å². The average molecular weight is 383 g/mol. The van der Waals surface area contributed by atoms with Crippen LogP contribution >= 0.6 is 11.6 Å². The number of anilines is 1. The van der Waals surface area contributed by atoms with E-state index in [1.165, 1.54) is 6.20 Å². The van der Waals surface area contributed by atoms with Gasteiger partial charge in [0.05, 0.1) is 11.9 Å². The molecule has 0 aliphatic heterocycles. The minimum atomic E-state index is -0.802. The second kappa shape index (κ2) is 7.72. The second-order valence-corrected chi connectivity index (χ2v) is 6.72. The van der Waals surface area contributed by atoms with Gasteiger partial charge in [0.2, 0.25) is 5.91 Å². The summed E-state index contributed by atoms with van der Waals surface area (Å²) in [5.41, 5.74) is 3.33. The lowest BCUT2D eigenvalue weighted by atomic mass is 10.1. The molecule has 0 aliphatic rings. The van der Waals surface area contributed by atoms with E-state index in [9.17, 15) is 9.59 Å². The SMILES string of the molecule is Cc1cccc(NC(=O)C(C)n2ncc(-c3ccc(Cl)cc3)nc2=O)c1C. The van der Waals surface area contributed by atoms with Crippen molar-refractivity contribution in [1.29, 1.82) is 0 Å². The van der Waals surface area contributed by atoms with Gasteiger partial charge < -0.3 is 5.32 Å². The zero-order valence-electron chi connectivity index (χ0n) is 15.2. The first-order valence-electron chi connectivity index (χ1n) is 8.45. The maximum Gasteiger partial charge on any atom is 0.365 e. The molecular weight excluding hydrogens is 364 g/mol. The number of nitrogens with zero attached hydrogens (tertiary/aromatic N) is 3. The Balaban J connectivity index is 1.83. The molecule has 1 heterocycles. The standard InChI is InChI=1S/C20H19ClN4O2/c1-12-5-4-6-17(13(12)2)23-19(26)14(3)25-20(27)24-18(11-22-25)15-7-9-16(21)10-8-15/h4-11,14H,1-3H3,(H,23,26). The Morgan fingerprint density at radius 1 is 1.15 bits per heavy atom. The van der Waals surface area contributed by atoms with Gasteiger partial charge in [-0.2, -0.15) is 10.1 Å². The summed E-state index contributed by atoms with van der Waals surface area (Å²) in [6.45, 7) is 5.51. The number of aromatic nitrogens is 3. The summed E-state index contributed by atoms with van der Waals surface area (Å²) >= 11 is 5.87. The Morgan fingerprint density at radius 2 is 1.85 bits per heavy atom. The van der Waals surface area contributed by atoms with E-state index in [4.69, 9.17) is 11.6 Å². The van der Waals surface area contributed by atoms with Gasteiger partial charge in [-0.25, -0.2) is 9.48 Å². The number of amides is 1. The summed E-state index contributed by atoms with van der Waals surface area (Å²) in [5.74, 6) is -0.334. The number of hydrogen-bond acceptors (Lipinski definition) is 4. The highest BCUT2D eigenvalue weighted by molar-refractivity contribution is 6.30. The first-order chi connectivity index (χ1) is 12.9. The number of aryl methyl sites for hydroxylation is 1. The van der Waals surface area contributed by atoms with Crippen molar-refractivity contribution >= 4 is 23.2 Å². The molecule has 0 fully saturated rings. The molecule has 7 heteroatoms. The van der Waals surface area contributed by atoms with Crippen molar-refractivity contribution in [2.24, 2.45) is 0 Å². The number of rotatable bonds is 4. The number of carbonyl (C=O) groups is 1. The number of nitrogens with one attached hydrogen (secondary N) is 1. The molecule has 0 radical (unpaired) electrons. The quantitative estimate of drug-likeness (QED) is 0.745. The highest BCUT2D eigenvalue weighted by atomic mass is 35.5. The van der Waals surface area contributed by atoms with Crippen molar-refractivity contribution in [2.75, 3.05) is 5.32 Å². The molecule has 3 rings (SSSR count). The molecule has 0 spiro atoms. The van der Waals surface area contributed by atoms with Crippen molar-refractivity contribution in [3.8, 4) is 11.3 Å². The molecule has 1 aromatic heterocycles. The summed E-state index contributed by atoms with van der Waals surface area (Å²) in [6, 6.07) is 11.8. The van der Waals surface area contributed by atoms with E-state index in [0.717, 1.165) is 21.4 Å². The molecule has 0 saturated carbocycles. The number of halogens is 1. The van der Waals surface area contributed by atoms with Gasteiger partial charge in [0.1, 0.15) is 6.04 Å². The van der Waals surface area contributed by atoms with E-state index in [2.05, 4.69) is 15.4 Å². The molecule has 0 bridgehead atoms. The van der Waals surface area contributed by atoms with Crippen molar-refractivity contribution in [2.45, 2.75) is 26.8 Å². The summed E-state index contributed by atoms with van der Waals surface area (Å²) in [6.07, 6.45) is 1.46. The Bertz CT molecular complexity index is 1040. The molecule has 6 nitrogen and oxygen atoms in total. The Labute approximate surface area is 161 Å². The molecule has 1 amide bonds. The average Bonchev–Trinajstić information content (AvgIpc) is 2.65. The van der Waals surface area contributed by atoms with Gasteiger partial charge in [-0.1, -0.05) is 35.9 Å². The van der Waals surface area contributed by atoms with E-state index < -0.39 is 11.7 Å². The molecular formula is C20H19ClN4O2. The van der Waals surface area contributed by atoms with E-state index in [1.54, 1.807) is 31.2 Å². The Morgan fingerprint density at radius 3 is 2.52 bits per heavy atom. The predicted molar refractivity (Wildman–Crippen MR) is 106 cm³/mol. The molecule has 0 aliphatic carbocycles. The maximum absolute atomic E-state index is 12.6. The smallest absolute Gasteiger partial charge is 0.324 e. The molecule has 27 heavy (non-hydrogen) atoms. The van der Waals surface area contributed by atoms with Gasteiger partial charge in [-0.15, -0.1) is 0 Å². The maximum atomic E-state index is 12.6. The minimum absolute atomic E-state index is 0.334. The van der Waals surface area contributed by atoms with Crippen LogP contribution in [0.2, 0.25) is 5.02 Å². The van der Waals surface area contributed by atoms with E-state index in [1.807, 2.05) is 32.0 Å². The van der Waals surface area contributed by atoms with E-state index in [-0.39, 0.29) is 5.91 Å². The summed E-state index contributed by atoms with van der Waals surface area (Å²) in [7, 11) is 0. The lowest BCUT2D eigenvalue weighted by Crippen LogP contribution is -2.35. The van der Waals surface area contributed by atoms with Crippen LogP contribution < -0.4 is 11.0 Å². The van der Waals surface area contributed by atoms with Crippen molar-refractivity contribution < 1.29 is 4.79 Å². The van der Waals surface area contributed by atoms with Crippen LogP contribution in [0.1, 0.15) is 24.1 Å². The van der Waals surface area contributed by atoms with Crippen LogP contribution in [0.15, 0.2) is 53.5 Å². The predicted octanol–water partition coefficient (Wildman–Crippen LogP) is 3.78. The van der Waals surface area contributed by atoms with Crippen LogP contribution in [0.5, 0.6) is 0 Å². The first kappa shape index (κ1) is 18.8. The molecule has 0 saturated heterocycles. The zero-order chi connectivity index (χ0) is 19.6. The second-order valence-electron chi connectivity index (χ2n) is 6.29. The molecule has 2 aromatic carbocycles. The van der Waals surface area contributed by atoms with Crippen molar-refractivity contribution in [1.82, 2.24) is 14.8 Å². The minimum Gasteiger partial charge on any atom is -0.324 e. The third kappa shape index (κ3) is 4.06. The third-order valence-corrected chi connectivity index (χ3v) is 4.72. The molecule has 3 aromatic rings. The first-order valence-corrected chi connectivity index (χ1v) is 8.83. The molecule has 138 valence electrons. The lowest BCUT2D eigenvalue weighted by molar-refractivity contribution is -0.119. The highest BCUT2D eigenvalue weighted by Crippen LogP contribution is 2.20. The van der Waals surface area contributed by atoms with E-state index >= 15 is 0 Å². The van der Waals surface area contributed by atoms with Crippen LogP contribution in [0, 0.1) is 13.8 Å². The van der Waals surface area contributed by atoms with Gasteiger partial charge in [0.25, 0.3) is 0 Å². The lowest BCUT2D eigenvalue weighted by Gasteiger charge is -2.15. The normalized spacial score (nSPS) is 11.9. The van der Waals surface area contributed by atoms with Crippen LogP contribution in [-0.2, 0) is 4.79 Å². The van der Waals surface area contributed by atoms with Crippen molar-refractivity contribution in [3.05, 3.63) is 75.3 Å². The number of hydrogen-bond donors (Lipinski definition) is 1. The van der Waals surface area contributed by atoms with Crippen LogP contribution in [0.25, 0.3) is 11.3 Å². The largest absolute Gasteiger partial charge is 0.365 e. The van der Waals surface area contributed by atoms with Crippen LogP contribution in [-0.4, -0.2) is 20.7 Å². The third-order valence-electron chi connectivity index (χ3n) is 4.47. The molecule has 1 unspecified atom stereocenters. The monoisotopic (exact) mass is 382 g/mol. The van der Waals surface area contributed by atoms with Gasteiger partial charge in [-0.05, 0) is 50.1 Å². The van der Waals surface area contributed by atoms with E-state index in [0.29, 0.717) is 16.4 Å². The van der Waals surface area contributed by atoms with Crippen LogP contribution in [0.3, 0.4) is 0 Å². The topological polar surface area (TPSA) is 76.9 Å². The summed E-state index contributed by atoms with van der Waals surface area (Å²) in [4.78, 5) is 29.0.